The maximum Gasteiger partial charge on any atom is 0.109 e. The third-order valence-electron chi connectivity index (χ3n) is 3.59. The van der Waals surface area contributed by atoms with E-state index in [2.05, 4.69) is 28.6 Å². The second-order valence-electron chi connectivity index (χ2n) is 4.68. The average molecular weight is 182 g/mol. The van der Waals surface area contributed by atoms with Crippen LogP contribution in [0.25, 0.3) is 0 Å². The van der Waals surface area contributed by atoms with Gasteiger partial charge in [0.15, 0.2) is 0 Å². The molecule has 1 heteroatoms. The zero-order chi connectivity index (χ0) is 10.2. The summed E-state index contributed by atoms with van der Waals surface area (Å²) in [5.74, 6) is 0. The lowest BCUT2D eigenvalue weighted by Crippen LogP contribution is -2.10. The van der Waals surface area contributed by atoms with Gasteiger partial charge in [-0.3, -0.25) is 0 Å². The topological polar surface area (TPSA) is 0 Å². The summed E-state index contributed by atoms with van der Waals surface area (Å²) in [6, 6.07) is 0. The predicted molar refractivity (Wildman–Crippen MR) is 65.2 cm³/mol. The Morgan fingerprint density at radius 1 is 0.846 bits per heavy atom. The van der Waals surface area contributed by atoms with E-state index in [0.29, 0.717) is 5.31 Å². The van der Waals surface area contributed by atoms with Crippen LogP contribution < -0.4 is 0 Å². The van der Waals surface area contributed by atoms with Crippen molar-refractivity contribution in [3.63, 3.8) is 0 Å². The van der Waals surface area contributed by atoms with Crippen LogP contribution >= 0.6 is 0 Å². The van der Waals surface area contributed by atoms with Gasteiger partial charge >= 0.3 is 0 Å². The molecular weight excluding hydrogens is 155 g/mol. The van der Waals surface area contributed by atoms with Crippen LogP contribution in [-0.2, 0) is 0 Å². The Hall–Kier alpha value is 0.0649. The summed E-state index contributed by atoms with van der Waals surface area (Å²) in [5, 5.41) is 0.631. The summed E-state index contributed by atoms with van der Waals surface area (Å²) >= 11 is 0. The Balaban J connectivity index is 3.39. The molecule has 0 amide bonds. The number of unbranched alkanes of at least 4 members (excludes halogenated alkanes) is 4. The lowest BCUT2D eigenvalue weighted by atomic mass is 9.62. The first kappa shape index (κ1) is 13.1. The molecule has 0 aliphatic carbocycles. The third kappa shape index (κ3) is 6.18. The Morgan fingerprint density at radius 3 is 1.85 bits per heavy atom. The van der Waals surface area contributed by atoms with Gasteiger partial charge in [0, 0.05) is 0 Å². The van der Waals surface area contributed by atoms with Gasteiger partial charge in [-0.15, -0.1) is 0 Å². The molecule has 0 rings (SSSR count). The van der Waals surface area contributed by atoms with E-state index in [4.69, 9.17) is 0 Å². The maximum atomic E-state index is 2.44. The first-order chi connectivity index (χ1) is 6.18. The van der Waals surface area contributed by atoms with E-state index >= 15 is 0 Å². The fraction of sp³-hybridized carbons (Fsp3) is 1.00. The zero-order valence-electron chi connectivity index (χ0n) is 10.2. The van der Waals surface area contributed by atoms with Gasteiger partial charge in [0.25, 0.3) is 0 Å². The minimum absolute atomic E-state index is 0.631. The predicted octanol–water partition coefficient (Wildman–Crippen LogP) is 3.96. The molecule has 0 heterocycles. The van der Waals surface area contributed by atoms with Gasteiger partial charge < -0.3 is 0 Å². The molecule has 0 aromatic heterocycles. The van der Waals surface area contributed by atoms with E-state index in [9.17, 15) is 0 Å². The molecule has 0 saturated carbocycles. The molecular formula is C12H27B. The molecule has 0 aliphatic heterocycles. The highest BCUT2D eigenvalue weighted by Gasteiger charge is 2.18. The molecule has 0 N–H and O–H groups in total. The molecule has 0 bridgehead atoms. The van der Waals surface area contributed by atoms with E-state index in [1.54, 1.807) is 0 Å². The van der Waals surface area contributed by atoms with E-state index in [-0.39, 0.29) is 0 Å². The maximum absolute atomic E-state index is 2.44. The number of rotatable bonds is 8. The van der Waals surface area contributed by atoms with E-state index < -0.39 is 0 Å². The minimum Gasteiger partial charge on any atom is -0.0655 e. The van der Waals surface area contributed by atoms with Crippen LogP contribution in [-0.4, -0.2) is 7.85 Å². The average Bonchev–Trinajstić information content (AvgIpc) is 2.17. The van der Waals surface area contributed by atoms with Crippen molar-refractivity contribution < 1.29 is 0 Å². The zero-order valence-corrected chi connectivity index (χ0v) is 10.2. The second kappa shape index (κ2) is 7.47. The minimum atomic E-state index is 0.631. The largest absolute Gasteiger partial charge is 0.109 e. The summed E-state index contributed by atoms with van der Waals surface area (Å²) in [6.07, 6.45) is 11.2. The first-order valence-corrected chi connectivity index (χ1v) is 6.18. The molecule has 0 unspecified atom stereocenters. The lowest BCUT2D eigenvalue weighted by molar-refractivity contribution is 0.450. The summed E-state index contributed by atoms with van der Waals surface area (Å²) in [5.41, 5.74) is 0. The van der Waals surface area contributed by atoms with Crippen LogP contribution in [0.3, 0.4) is 0 Å². The smallest absolute Gasteiger partial charge is 0.0655 e. The molecule has 0 aromatic carbocycles. The fourth-order valence-electron chi connectivity index (χ4n) is 1.76. The van der Waals surface area contributed by atoms with Crippen LogP contribution in [0.2, 0.25) is 5.31 Å². The summed E-state index contributed by atoms with van der Waals surface area (Å²) < 4.78 is 0. The Bertz CT molecular complexity index is 106. The number of hydrogen-bond acceptors (Lipinski definition) is 0. The van der Waals surface area contributed by atoms with Crippen molar-refractivity contribution in [2.45, 2.75) is 77.5 Å². The summed E-state index contributed by atoms with van der Waals surface area (Å²) in [4.78, 5) is 0. The SMILES string of the molecule is BC(CC)(CC)CCCCCCC. The molecule has 0 saturated heterocycles. The second-order valence-corrected chi connectivity index (χ2v) is 4.68. The molecule has 0 aliphatic rings. The number of hydrogen-bond donors (Lipinski definition) is 0. The van der Waals surface area contributed by atoms with Gasteiger partial charge in [-0.05, 0) is 0 Å². The Kier molecular flexibility index (Phi) is 7.50. The first-order valence-electron chi connectivity index (χ1n) is 6.18. The van der Waals surface area contributed by atoms with Gasteiger partial charge in [0.2, 0.25) is 0 Å². The van der Waals surface area contributed by atoms with Gasteiger partial charge in [-0.25, -0.2) is 0 Å². The van der Waals surface area contributed by atoms with Crippen LogP contribution in [0.15, 0.2) is 0 Å². The van der Waals surface area contributed by atoms with Crippen LogP contribution in [0, 0.1) is 0 Å². The molecule has 0 spiro atoms. The van der Waals surface area contributed by atoms with Crippen molar-refractivity contribution in [2.24, 2.45) is 0 Å². The van der Waals surface area contributed by atoms with Gasteiger partial charge in [0.05, 0.1) is 0 Å². The van der Waals surface area contributed by atoms with Gasteiger partial charge in [0.1, 0.15) is 7.85 Å². The van der Waals surface area contributed by atoms with Crippen LogP contribution in [0.4, 0.5) is 0 Å². The summed E-state index contributed by atoms with van der Waals surface area (Å²) in [7, 11) is 2.44. The highest BCUT2D eigenvalue weighted by molar-refractivity contribution is 6.15. The summed E-state index contributed by atoms with van der Waals surface area (Å²) in [6.45, 7) is 6.94. The van der Waals surface area contributed by atoms with E-state index in [1.807, 2.05) is 0 Å². The lowest BCUT2D eigenvalue weighted by Gasteiger charge is -2.26. The van der Waals surface area contributed by atoms with Crippen LogP contribution in [0.1, 0.15) is 72.1 Å². The standard InChI is InChI=1S/C12H27B/c1-4-7-8-9-10-11-12(13,5-2)6-3/h4-11,13H2,1-3H3. The molecule has 78 valence electrons. The van der Waals surface area contributed by atoms with Crippen molar-refractivity contribution in [1.29, 1.82) is 0 Å². The molecule has 13 heavy (non-hydrogen) atoms. The molecule has 0 nitrogen and oxygen atoms in total. The van der Waals surface area contributed by atoms with Crippen molar-refractivity contribution in [2.75, 3.05) is 0 Å². The van der Waals surface area contributed by atoms with E-state index in [1.165, 1.54) is 51.4 Å². The third-order valence-corrected chi connectivity index (χ3v) is 3.59. The fourth-order valence-corrected chi connectivity index (χ4v) is 1.76. The quantitative estimate of drug-likeness (QED) is 0.393. The molecule has 0 radical (unpaired) electrons. The van der Waals surface area contributed by atoms with Gasteiger partial charge in [-0.2, -0.15) is 0 Å². The highest BCUT2D eigenvalue weighted by atomic mass is 14.2. The Labute approximate surface area is 85.9 Å². The Morgan fingerprint density at radius 2 is 1.38 bits per heavy atom. The van der Waals surface area contributed by atoms with Crippen molar-refractivity contribution in [3.8, 4) is 0 Å². The molecule has 0 aromatic rings. The highest BCUT2D eigenvalue weighted by Crippen LogP contribution is 2.36. The normalized spacial score (nSPS) is 11.9. The van der Waals surface area contributed by atoms with Crippen molar-refractivity contribution in [1.82, 2.24) is 0 Å². The molecule has 0 atom stereocenters. The van der Waals surface area contributed by atoms with Crippen molar-refractivity contribution >= 4 is 7.85 Å². The van der Waals surface area contributed by atoms with Gasteiger partial charge in [-0.1, -0.05) is 77.5 Å². The van der Waals surface area contributed by atoms with Crippen LogP contribution in [0.5, 0.6) is 0 Å². The van der Waals surface area contributed by atoms with Crippen molar-refractivity contribution in [3.05, 3.63) is 0 Å². The molecule has 0 fully saturated rings. The monoisotopic (exact) mass is 182 g/mol. The van der Waals surface area contributed by atoms with E-state index in [0.717, 1.165) is 0 Å².